The van der Waals surface area contributed by atoms with E-state index in [9.17, 15) is 26.4 Å². The van der Waals surface area contributed by atoms with E-state index < -0.39 is 28.1 Å². The van der Waals surface area contributed by atoms with Crippen molar-refractivity contribution < 1.29 is 46.1 Å². The van der Waals surface area contributed by atoms with Gasteiger partial charge in [-0.2, -0.15) is 13.2 Å². The Morgan fingerprint density at radius 3 is 2.10 bits per heavy atom. The lowest BCUT2D eigenvalue weighted by Crippen LogP contribution is -2.38. The van der Waals surface area contributed by atoms with Crippen molar-refractivity contribution in [2.45, 2.75) is 24.0 Å². The molecule has 2 aromatic heterocycles. The van der Waals surface area contributed by atoms with Crippen LogP contribution in [0.1, 0.15) is 6.42 Å². The SMILES string of the molecule is CNS(=O)(=O)c1cnc(-c2cc[n+](CCC(=O)O)nc2)nc1.O=C(O)C(F)(F)F. The monoisotopic (exact) mass is 438 g/mol. The van der Waals surface area contributed by atoms with E-state index in [1.165, 1.54) is 30.3 Å². The maximum atomic E-state index is 11.6. The zero-order chi connectivity index (χ0) is 22.2. The van der Waals surface area contributed by atoms with Crippen LogP contribution in [0.5, 0.6) is 0 Å². The Labute approximate surface area is 161 Å². The fourth-order valence-corrected chi connectivity index (χ4v) is 2.20. The number of carboxylic acids is 2. The van der Waals surface area contributed by atoms with Gasteiger partial charge < -0.3 is 10.2 Å². The first-order chi connectivity index (χ1) is 13.4. The van der Waals surface area contributed by atoms with Gasteiger partial charge >= 0.3 is 18.1 Å². The van der Waals surface area contributed by atoms with E-state index in [1.807, 2.05) is 0 Å². The molecular formula is C14H15F3N5O6S+. The Balaban J connectivity index is 0.000000516. The lowest BCUT2D eigenvalue weighted by molar-refractivity contribution is -0.752. The lowest BCUT2D eigenvalue weighted by atomic mass is 10.3. The molecule has 158 valence electrons. The molecule has 2 aromatic rings. The summed E-state index contributed by atoms with van der Waals surface area (Å²) in [6, 6.07) is 1.68. The molecule has 2 heterocycles. The van der Waals surface area contributed by atoms with Crippen LogP contribution in [0.3, 0.4) is 0 Å². The van der Waals surface area contributed by atoms with Crippen molar-refractivity contribution in [1.29, 1.82) is 0 Å². The Hall–Kier alpha value is -3.20. The number of nitrogens with zero attached hydrogens (tertiary/aromatic N) is 4. The number of carbonyl (C=O) groups is 2. The van der Waals surface area contributed by atoms with Gasteiger partial charge in [-0.15, -0.1) is 0 Å². The number of sulfonamides is 1. The second kappa shape index (κ2) is 9.83. The summed E-state index contributed by atoms with van der Waals surface area (Å²) in [5, 5.41) is 19.8. The normalized spacial score (nSPS) is 11.3. The van der Waals surface area contributed by atoms with Crippen LogP contribution >= 0.6 is 0 Å². The molecule has 0 aliphatic carbocycles. The number of alkyl halides is 3. The van der Waals surface area contributed by atoms with E-state index in [1.54, 1.807) is 12.3 Å². The standard InChI is InChI=1S/C12H13N5O4S.C2HF3O2/c1-13-22(20,21)10-7-14-12(15-8-10)9-2-4-17(16-6-9)5-3-11(18)19;3-2(4,5)1(6)7/h2,4,6-8,13H,3,5H2,1H3;(H,6,7)/p+1. The molecule has 3 N–H and O–H groups in total. The summed E-state index contributed by atoms with van der Waals surface area (Å²) in [6.07, 6.45) is 0.409. The van der Waals surface area contributed by atoms with Crippen molar-refractivity contribution in [2.24, 2.45) is 0 Å². The van der Waals surface area contributed by atoms with Gasteiger partial charge in [0.25, 0.3) is 0 Å². The number of aryl methyl sites for hydroxylation is 1. The first kappa shape index (κ1) is 23.8. The van der Waals surface area contributed by atoms with Crippen LogP contribution in [0.4, 0.5) is 13.2 Å². The molecule has 0 spiro atoms. The zero-order valence-corrected chi connectivity index (χ0v) is 15.5. The molecular weight excluding hydrogens is 423 g/mol. The zero-order valence-electron chi connectivity index (χ0n) is 14.7. The molecule has 0 aliphatic rings. The highest BCUT2D eigenvalue weighted by molar-refractivity contribution is 7.89. The smallest absolute Gasteiger partial charge is 0.481 e. The predicted molar refractivity (Wildman–Crippen MR) is 87.6 cm³/mol. The number of aromatic nitrogens is 4. The fraction of sp³-hybridized carbons (Fsp3) is 0.286. The Kier molecular flexibility index (Phi) is 8.08. The molecule has 0 atom stereocenters. The van der Waals surface area contributed by atoms with Gasteiger partial charge in [0, 0.05) is 11.6 Å². The second-order valence-corrected chi connectivity index (χ2v) is 6.96. The van der Waals surface area contributed by atoms with Crippen molar-refractivity contribution in [3.05, 3.63) is 30.9 Å². The third-order valence-corrected chi connectivity index (χ3v) is 4.40. The van der Waals surface area contributed by atoms with Crippen LogP contribution < -0.4 is 9.40 Å². The van der Waals surface area contributed by atoms with Crippen LogP contribution in [0.25, 0.3) is 11.4 Å². The van der Waals surface area contributed by atoms with Crippen LogP contribution in [-0.2, 0) is 26.2 Å². The molecule has 0 radical (unpaired) electrons. The highest BCUT2D eigenvalue weighted by Crippen LogP contribution is 2.13. The minimum absolute atomic E-state index is 0.0237. The average molecular weight is 438 g/mol. The molecule has 0 amide bonds. The molecule has 11 nitrogen and oxygen atoms in total. The van der Waals surface area contributed by atoms with Gasteiger partial charge in [0.2, 0.25) is 10.0 Å². The third-order valence-electron chi connectivity index (χ3n) is 3.03. The van der Waals surface area contributed by atoms with E-state index in [0.717, 1.165) is 0 Å². The highest BCUT2D eigenvalue weighted by atomic mass is 32.2. The summed E-state index contributed by atoms with van der Waals surface area (Å²) in [5.41, 5.74) is 0.597. The van der Waals surface area contributed by atoms with Gasteiger partial charge in [-0.05, 0) is 12.1 Å². The minimum Gasteiger partial charge on any atom is -0.481 e. The summed E-state index contributed by atoms with van der Waals surface area (Å²) in [4.78, 5) is 27.3. The Morgan fingerprint density at radius 1 is 1.17 bits per heavy atom. The van der Waals surface area contributed by atoms with Crippen LogP contribution in [-0.4, -0.2) is 58.9 Å². The molecule has 15 heteroatoms. The lowest BCUT2D eigenvalue weighted by Gasteiger charge is -2.02. The quantitative estimate of drug-likeness (QED) is 0.520. The average Bonchev–Trinajstić information content (AvgIpc) is 2.66. The van der Waals surface area contributed by atoms with Gasteiger partial charge in [0.15, 0.2) is 18.6 Å². The van der Waals surface area contributed by atoms with Crippen LogP contribution in [0, 0.1) is 0 Å². The van der Waals surface area contributed by atoms with Crippen LogP contribution in [0.2, 0.25) is 0 Å². The third kappa shape index (κ3) is 7.74. The van der Waals surface area contributed by atoms with Gasteiger partial charge in [-0.3, -0.25) is 4.79 Å². The predicted octanol–water partition coefficient (Wildman–Crippen LogP) is -0.158. The fourth-order valence-electron chi connectivity index (χ4n) is 1.58. The van der Waals surface area contributed by atoms with E-state index in [0.29, 0.717) is 11.4 Å². The number of halogens is 3. The van der Waals surface area contributed by atoms with Crippen molar-refractivity contribution in [1.82, 2.24) is 19.8 Å². The van der Waals surface area contributed by atoms with Gasteiger partial charge in [-0.25, -0.2) is 27.9 Å². The summed E-state index contributed by atoms with van der Waals surface area (Å²) >= 11 is 0. The van der Waals surface area contributed by atoms with Crippen molar-refractivity contribution in [2.75, 3.05) is 7.05 Å². The number of nitrogens with one attached hydrogen (secondary N) is 1. The molecule has 0 bridgehead atoms. The van der Waals surface area contributed by atoms with Crippen molar-refractivity contribution in [3.63, 3.8) is 0 Å². The molecule has 0 unspecified atom stereocenters. The minimum atomic E-state index is -5.08. The Bertz CT molecular complexity index is 949. The molecule has 29 heavy (non-hydrogen) atoms. The maximum absolute atomic E-state index is 11.6. The van der Waals surface area contributed by atoms with Gasteiger partial charge in [0.05, 0.1) is 12.4 Å². The van der Waals surface area contributed by atoms with E-state index in [4.69, 9.17) is 15.0 Å². The summed E-state index contributed by atoms with van der Waals surface area (Å²) in [6.45, 7) is 0.260. The molecule has 0 saturated heterocycles. The van der Waals surface area contributed by atoms with E-state index >= 15 is 0 Å². The number of hydrogen-bond donors (Lipinski definition) is 3. The first-order valence-electron chi connectivity index (χ1n) is 7.50. The van der Waals surface area contributed by atoms with E-state index in [-0.39, 0.29) is 17.9 Å². The topological polar surface area (TPSA) is 163 Å². The summed E-state index contributed by atoms with van der Waals surface area (Å²) < 4.78 is 58.5. The number of hydrogen-bond acceptors (Lipinski definition) is 7. The molecule has 0 aromatic carbocycles. The summed E-state index contributed by atoms with van der Waals surface area (Å²) in [5.74, 6) is -3.33. The number of rotatable bonds is 6. The number of carboxylic acid groups (broad SMARTS) is 2. The van der Waals surface area contributed by atoms with Crippen molar-refractivity contribution >= 4 is 22.0 Å². The molecule has 2 rings (SSSR count). The molecule has 0 saturated carbocycles. The largest absolute Gasteiger partial charge is 0.490 e. The maximum Gasteiger partial charge on any atom is 0.490 e. The van der Waals surface area contributed by atoms with Crippen LogP contribution in [0.15, 0.2) is 35.7 Å². The van der Waals surface area contributed by atoms with Gasteiger partial charge in [-0.1, -0.05) is 4.68 Å². The van der Waals surface area contributed by atoms with E-state index in [2.05, 4.69) is 19.8 Å². The van der Waals surface area contributed by atoms with Gasteiger partial charge in [0.1, 0.15) is 17.5 Å². The number of aliphatic carboxylic acids is 2. The Morgan fingerprint density at radius 2 is 1.72 bits per heavy atom. The van der Waals surface area contributed by atoms with Crippen molar-refractivity contribution in [3.8, 4) is 11.4 Å². The molecule has 0 fully saturated rings. The molecule has 0 aliphatic heterocycles. The summed E-state index contributed by atoms with van der Waals surface area (Å²) in [7, 11) is -2.26. The second-order valence-electron chi connectivity index (χ2n) is 5.08. The first-order valence-corrected chi connectivity index (χ1v) is 8.98. The highest BCUT2D eigenvalue weighted by Gasteiger charge is 2.38.